The molecule has 33 heavy (non-hydrogen) atoms. The fourth-order valence-electron chi connectivity index (χ4n) is 5.06. The van der Waals surface area contributed by atoms with Crippen LogP contribution in [0, 0.1) is 16.7 Å². The summed E-state index contributed by atoms with van der Waals surface area (Å²) in [6.45, 7) is 1.66. The minimum atomic E-state index is -4.24. The largest absolute Gasteiger partial charge is 0.393 e. The monoisotopic (exact) mass is 491 g/mol. The number of benzene rings is 1. The maximum atomic E-state index is 12.8. The lowest BCUT2D eigenvalue weighted by Gasteiger charge is -2.46. The van der Waals surface area contributed by atoms with E-state index in [1.54, 1.807) is 6.07 Å². The van der Waals surface area contributed by atoms with Gasteiger partial charge in [0.1, 0.15) is 17.0 Å². The molecule has 2 aliphatic rings. The molecule has 2 aromatic heterocycles. The van der Waals surface area contributed by atoms with E-state index in [2.05, 4.69) is 26.3 Å². The number of thiophene rings is 1. The molecule has 0 radical (unpaired) electrons. The summed E-state index contributed by atoms with van der Waals surface area (Å²) < 4.78 is 38.5. The number of hydrogen-bond acceptors (Lipinski definition) is 6. The van der Waals surface area contributed by atoms with Crippen molar-refractivity contribution in [2.24, 2.45) is 5.41 Å². The molecular formula is C23H21ClF3N5S. The van der Waals surface area contributed by atoms with Crippen LogP contribution in [0.4, 0.5) is 24.7 Å². The molecule has 3 aromatic rings. The highest BCUT2D eigenvalue weighted by molar-refractivity contribution is 7.18. The Labute approximate surface area is 198 Å². The highest BCUT2D eigenvalue weighted by Gasteiger charge is 2.49. The summed E-state index contributed by atoms with van der Waals surface area (Å²) >= 11 is 7.46. The number of halogens is 4. The summed E-state index contributed by atoms with van der Waals surface area (Å²) in [6, 6.07) is 9.70. The molecule has 0 unspecified atom stereocenters. The SMILES string of the molecule is N#CCc1ccc(NC2CC3(CCN(c4ncnc5sc(CC(F)(F)F)cc45)C3)C2)c(Cl)c1. The summed E-state index contributed by atoms with van der Waals surface area (Å²) in [5.41, 5.74) is 1.95. The molecule has 1 saturated heterocycles. The summed E-state index contributed by atoms with van der Waals surface area (Å²) in [7, 11) is 0. The van der Waals surface area contributed by atoms with E-state index in [1.807, 2.05) is 18.2 Å². The molecule has 0 bridgehead atoms. The van der Waals surface area contributed by atoms with Crippen LogP contribution in [0.1, 0.15) is 29.7 Å². The molecule has 1 saturated carbocycles. The van der Waals surface area contributed by atoms with E-state index in [0.717, 1.165) is 60.8 Å². The molecule has 172 valence electrons. The first-order valence-electron chi connectivity index (χ1n) is 10.7. The van der Waals surface area contributed by atoms with Gasteiger partial charge in [0.15, 0.2) is 0 Å². The molecule has 1 aliphatic heterocycles. The van der Waals surface area contributed by atoms with Gasteiger partial charge in [-0.3, -0.25) is 0 Å². The molecule has 1 N–H and O–H groups in total. The molecule has 1 aromatic carbocycles. The Balaban J connectivity index is 1.25. The quantitative estimate of drug-likeness (QED) is 0.475. The lowest BCUT2D eigenvalue weighted by molar-refractivity contribution is -0.126. The van der Waals surface area contributed by atoms with E-state index in [9.17, 15) is 13.2 Å². The fraction of sp³-hybridized carbons (Fsp3) is 0.435. The first kappa shape index (κ1) is 22.2. The fourth-order valence-corrected chi connectivity index (χ4v) is 6.34. The summed E-state index contributed by atoms with van der Waals surface area (Å²) in [6.07, 6.45) is -0.386. The summed E-state index contributed by atoms with van der Waals surface area (Å²) in [4.78, 5) is 11.7. The number of hydrogen-bond donors (Lipinski definition) is 1. The number of nitrogens with one attached hydrogen (secondary N) is 1. The molecular weight excluding hydrogens is 471 g/mol. The predicted molar refractivity (Wildman–Crippen MR) is 124 cm³/mol. The molecule has 0 atom stereocenters. The Morgan fingerprint density at radius 1 is 1.27 bits per heavy atom. The molecule has 1 spiro atoms. The van der Waals surface area contributed by atoms with E-state index in [1.165, 1.54) is 6.33 Å². The number of alkyl halides is 3. The van der Waals surface area contributed by atoms with Crippen LogP contribution in [-0.4, -0.2) is 35.3 Å². The average molecular weight is 492 g/mol. The summed E-state index contributed by atoms with van der Waals surface area (Å²) in [5.74, 6) is 0.731. The topological polar surface area (TPSA) is 64.8 Å². The van der Waals surface area contributed by atoms with Gasteiger partial charge in [0.25, 0.3) is 0 Å². The van der Waals surface area contributed by atoms with Crippen LogP contribution in [0.2, 0.25) is 5.02 Å². The summed E-state index contributed by atoms with van der Waals surface area (Å²) in [5, 5.41) is 13.7. The first-order valence-corrected chi connectivity index (χ1v) is 11.9. The number of fused-ring (bicyclic) bond motifs is 1. The van der Waals surface area contributed by atoms with E-state index in [0.29, 0.717) is 27.7 Å². The maximum absolute atomic E-state index is 12.8. The zero-order valence-electron chi connectivity index (χ0n) is 17.6. The van der Waals surface area contributed by atoms with Gasteiger partial charge in [-0.2, -0.15) is 18.4 Å². The average Bonchev–Trinajstić information content (AvgIpc) is 3.32. The van der Waals surface area contributed by atoms with Crippen molar-refractivity contribution in [2.75, 3.05) is 23.3 Å². The van der Waals surface area contributed by atoms with Gasteiger partial charge < -0.3 is 10.2 Å². The van der Waals surface area contributed by atoms with Crippen LogP contribution >= 0.6 is 22.9 Å². The zero-order valence-corrected chi connectivity index (χ0v) is 19.2. The van der Waals surface area contributed by atoms with Gasteiger partial charge in [-0.05, 0) is 48.4 Å². The van der Waals surface area contributed by atoms with Crippen molar-refractivity contribution in [1.29, 1.82) is 5.26 Å². The molecule has 5 nitrogen and oxygen atoms in total. The van der Waals surface area contributed by atoms with Gasteiger partial charge in [-0.25, -0.2) is 9.97 Å². The van der Waals surface area contributed by atoms with Crippen molar-refractivity contribution in [1.82, 2.24) is 9.97 Å². The van der Waals surface area contributed by atoms with E-state index >= 15 is 0 Å². The van der Waals surface area contributed by atoms with Crippen LogP contribution < -0.4 is 10.2 Å². The minimum absolute atomic E-state index is 0.174. The number of anilines is 2. The molecule has 2 fully saturated rings. The molecule has 5 rings (SSSR count). The Bertz CT molecular complexity index is 1230. The highest BCUT2D eigenvalue weighted by atomic mass is 35.5. The van der Waals surface area contributed by atoms with E-state index in [4.69, 9.17) is 16.9 Å². The first-order chi connectivity index (χ1) is 15.7. The van der Waals surface area contributed by atoms with Crippen molar-refractivity contribution >= 4 is 44.7 Å². The lowest BCUT2D eigenvalue weighted by atomic mass is 9.65. The Hall–Kier alpha value is -2.57. The highest BCUT2D eigenvalue weighted by Crippen LogP contribution is 2.50. The second-order valence-electron chi connectivity index (χ2n) is 8.99. The number of rotatable bonds is 5. The lowest BCUT2D eigenvalue weighted by Crippen LogP contribution is -2.46. The van der Waals surface area contributed by atoms with Crippen LogP contribution in [0.5, 0.6) is 0 Å². The van der Waals surface area contributed by atoms with Crippen molar-refractivity contribution in [2.45, 2.75) is 44.3 Å². The van der Waals surface area contributed by atoms with Crippen molar-refractivity contribution in [3.63, 3.8) is 0 Å². The van der Waals surface area contributed by atoms with Gasteiger partial charge in [-0.1, -0.05) is 17.7 Å². The number of aromatic nitrogens is 2. The number of nitriles is 1. The number of nitrogens with zero attached hydrogens (tertiary/aromatic N) is 4. The normalized spacial score (nSPS) is 22.5. The van der Waals surface area contributed by atoms with Gasteiger partial charge in [0.2, 0.25) is 0 Å². The van der Waals surface area contributed by atoms with Crippen molar-refractivity contribution in [3.05, 3.63) is 46.1 Å². The second-order valence-corrected chi connectivity index (χ2v) is 10.5. The van der Waals surface area contributed by atoms with Crippen LogP contribution in [0.15, 0.2) is 30.6 Å². The molecule has 0 amide bonds. The van der Waals surface area contributed by atoms with Gasteiger partial charge >= 0.3 is 6.18 Å². The van der Waals surface area contributed by atoms with Crippen molar-refractivity contribution in [3.8, 4) is 6.07 Å². The Morgan fingerprint density at radius 2 is 2.09 bits per heavy atom. The smallest absolute Gasteiger partial charge is 0.381 e. The van der Waals surface area contributed by atoms with Gasteiger partial charge in [0, 0.05) is 24.0 Å². The minimum Gasteiger partial charge on any atom is -0.381 e. The second kappa shape index (κ2) is 8.33. The predicted octanol–water partition coefficient (Wildman–Crippen LogP) is 5.99. The Morgan fingerprint density at radius 3 is 2.82 bits per heavy atom. The van der Waals surface area contributed by atoms with Crippen molar-refractivity contribution < 1.29 is 13.2 Å². The molecule has 1 aliphatic carbocycles. The standard InChI is InChI=1S/C23H21ClF3N5S/c24-18-7-14(3-5-28)1-2-19(18)31-15-9-22(10-15)4-6-32(12-22)20-17-8-16(11-23(25,26)27)33-21(17)30-13-29-20/h1-2,7-8,13,15,31H,3-4,6,9-12H2. The van der Waals surface area contributed by atoms with Gasteiger partial charge in [-0.15, -0.1) is 11.3 Å². The zero-order chi connectivity index (χ0) is 23.2. The maximum Gasteiger partial charge on any atom is 0.393 e. The van der Waals surface area contributed by atoms with E-state index < -0.39 is 12.6 Å². The van der Waals surface area contributed by atoms with Gasteiger partial charge in [0.05, 0.1) is 35.0 Å². The Kier molecular flexibility index (Phi) is 5.61. The third-order valence-electron chi connectivity index (χ3n) is 6.51. The third-order valence-corrected chi connectivity index (χ3v) is 7.86. The molecule has 10 heteroatoms. The third kappa shape index (κ3) is 4.59. The van der Waals surface area contributed by atoms with Crippen LogP contribution in [0.25, 0.3) is 10.2 Å². The van der Waals surface area contributed by atoms with Crippen LogP contribution in [0.3, 0.4) is 0 Å². The molecule has 3 heterocycles. The van der Waals surface area contributed by atoms with Crippen LogP contribution in [-0.2, 0) is 12.8 Å². The van der Waals surface area contributed by atoms with E-state index in [-0.39, 0.29) is 10.3 Å².